The number of amides is 1. The van der Waals surface area contributed by atoms with Crippen molar-refractivity contribution in [2.45, 2.75) is 26.1 Å². The highest BCUT2D eigenvalue weighted by atomic mass is 19.4. The summed E-state index contributed by atoms with van der Waals surface area (Å²) < 4.78 is 40.0. The van der Waals surface area contributed by atoms with Crippen LogP contribution >= 0.6 is 0 Å². The minimum absolute atomic E-state index is 0.0206. The van der Waals surface area contributed by atoms with Gasteiger partial charge in [-0.3, -0.25) is 4.79 Å². The summed E-state index contributed by atoms with van der Waals surface area (Å²) in [6.07, 6.45) is -2.75. The first kappa shape index (κ1) is 22.8. The van der Waals surface area contributed by atoms with Crippen LogP contribution in [0.15, 0.2) is 42.6 Å². The number of rotatable bonds is 5. The Kier molecular flexibility index (Phi) is 5.90. The number of benzene rings is 2. The molecule has 2 heterocycles. The van der Waals surface area contributed by atoms with Gasteiger partial charge in [0.2, 0.25) is 5.91 Å². The zero-order valence-electron chi connectivity index (χ0n) is 18.9. The lowest BCUT2D eigenvalue weighted by Crippen LogP contribution is -2.53. The van der Waals surface area contributed by atoms with Crippen molar-refractivity contribution in [1.29, 1.82) is 0 Å². The predicted octanol–water partition coefficient (Wildman–Crippen LogP) is 4.65. The molecule has 1 aliphatic heterocycles. The maximum atomic E-state index is 13.3. The molecule has 174 valence electrons. The number of carbonyl (C=O) groups excluding carboxylic acids is 1. The van der Waals surface area contributed by atoms with E-state index in [1.165, 1.54) is 13.0 Å². The second kappa shape index (κ2) is 8.53. The number of anilines is 2. The summed E-state index contributed by atoms with van der Waals surface area (Å²) in [6, 6.07) is 9.68. The van der Waals surface area contributed by atoms with Gasteiger partial charge in [0, 0.05) is 43.6 Å². The van der Waals surface area contributed by atoms with Gasteiger partial charge in [-0.1, -0.05) is 18.2 Å². The molecule has 1 amide bonds. The SMILES string of the molecule is Cc1c([C@@H](C)Nc2nncc3ccc(N4CC(C(=O)N(C)C)C4)cc23)cccc1C(F)(F)F. The van der Waals surface area contributed by atoms with Crippen LogP contribution in [0.1, 0.15) is 29.7 Å². The van der Waals surface area contributed by atoms with Crippen LogP contribution in [0.25, 0.3) is 10.8 Å². The lowest BCUT2D eigenvalue weighted by Gasteiger charge is -2.41. The number of carbonyl (C=O) groups is 1. The smallest absolute Gasteiger partial charge is 0.370 e. The predicted molar refractivity (Wildman–Crippen MR) is 122 cm³/mol. The minimum Gasteiger partial charge on any atom is -0.370 e. The zero-order valence-corrected chi connectivity index (χ0v) is 18.9. The Morgan fingerprint density at radius 3 is 2.61 bits per heavy atom. The van der Waals surface area contributed by atoms with Gasteiger partial charge in [0.05, 0.1) is 23.7 Å². The van der Waals surface area contributed by atoms with Crippen molar-refractivity contribution in [3.8, 4) is 0 Å². The van der Waals surface area contributed by atoms with E-state index in [9.17, 15) is 18.0 Å². The standard InChI is InChI=1S/C24H26F3N5O/c1-14-19(6-5-7-21(14)24(25,26)27)15(2)29-22-20-10-18(9-8-16(20)11-28-30-22)32-12-17(13-32)23(33)31(3)4/h5-11,15,17H,12-13H2,1-4H3,(H,29,30)/t15-/m1/s1. The van der Waals surface area contributed by atoms with E-state index in [1.54, 1.807) is 38.2 Å². The summed E-state index contributed by atoms with van der Waals surface area (Å²) in [4.78, 5) is 15.9. The largest absolute Gasteiger partial charge is 0.416 e. The van der Waals surface area contributed by atoms with Gasteiger partial charge in [-0.2, -0.15) is 18.3 Å². The molecule has 1 aliphatic rings. The van der Waals surface area contributed by atoms with Gasteiger partial charge in [0.25, 0.3) is 0 Å². The second-order valence-corrected chi connectivity index (χ2v) is 8.68. The van der Waals surface area contributed by atoms with Crippen molar-refractivity contribution < 1.29 is 18.0 Å². The molecule has 1 N–H and O–H groups in total. The Hall–Kier alpha value is -3.36. The minimum atomic E-state index is -4.41. The monoisotopic (exact) mass is 457 g/mol. The van der Waals surface area contributed by atoms with Gasteiger partial charge in [-0.05, 0) is 43.2 Å². The first-order chi connectivity index (χ1) is 15.6. The molecule has 0 radical (unpaired) electrons. The Bertz CT molecular complexity index is 1190. The molecule has 9 heteroatoms. The number of halogens is 3. The van der Waals surface area contributed by atoms with Gasteiger partial charge in [0.1, 0.15) is 0 Å². The van der Waals surface area contributed by atoms with Crippen molar-refractivity contribution in [1.82, 2.24) is 15.1 Å². The number of nitrogens with zero attached hydrogens (tertiary/aromatic N) is 4. The van der Waals surface area contributed by atoms with Crippen molar-refractivity contribution in [2.24, 2.45) is 5.92 Å². The van der Waals surface area contributed by atoms with Gasteiger partial charge in [0.15, 0.2) is 5.82 Å². The summed E-state index contributed by atoms with van der Waals surface area (Å²) in [5, 5.41) is 13.2. The van der Waals surface area contributed by atoms with Crippen molar-refractivity contribution in [3.63, 3.8) is 0 Å². The van der Waals surface area contributed by atoms with E-state index in [2.05, 4.69) is 20.4 Å². The molecule has 0 saturated carbocycles. The van der Waals surface area contributed by atoms with Crippen LogP contribution in [0.4, 0.5) is 24.7 Å². The Labute approximate surface area is 190 Å². The normalized spacial score (nSPS) is 15.3. The molecule has 0 spiro atoms. The summed E-state index contributed by atoms with van der Waals surface area (Å²) >= 11 is 0. The van der Waals surface area contributed by atoms with Crippen LogP contribution in [0.3, 0.4) is 0 Å². The summed E-state index contributed by atoms with van der Waals surface area (Å²) in [5.41, 5.74) is 1.06. The van der Waals surface area contributed by atoms with E-state index in [0.29, 0.717) is 24.5 Å². The van der Waals surface area contributed by atoms with Crippen LogP contribution in [0, 0.1) is 12.8 Å². The number of nitrogens with one attached hydrogen (secondary N) is 1. The fourth-order valence-corrected chi connectivity index (χ4v) is 4.29. The van der Waals surface area contributed by atoms with Gasteiger partial charge < -0.3 is 15.1 Å². The molecular formula is C24H26F3N5O. The van der Waals surface area contributed by atoms with Crippen LogP contribution in [0.5, 0.6) is 0 Å². The molecule has 1 saturated heterocycles. The average molecular weight is 458 g/mol. The third kappa shape index (κ3) is 4.44. The van der Waals surface area contributed by atoms with E-state index in [1.807, 2.05) is 18.2 Å². The van der Waals surface area contributed by atoms with Gasteiger partial charge in [-0.15, -0.1) is 5.10 Å². The summed E-state index contributed by atoms with van der Waals surface area (Å²) in [7, 11) is 3.51. The van der Waals surface area contributed by atoms with Crippen molar-refractivity contribution in [2.75, 3.05) is 37.4 Å². The number of fused-ring (bicyclic) bond motifs is 1. The molecule has 6 nitrogen and oxygen atoms in total. The Balaban J connectivity index is 1.59. The summed E-state index contributed by atoms with van der Waals surface area (Å²) in [6.45, 7) is 4.57. The number of hydrogen-bond donors (Lipinski definition) is 1. The molecular weight excluding hydrogens is 431 g/mol. The highest BCUT2D eigenvalue weighted by Gasteiger charge is 2.34. The first-order valence-electron chi connectivity index (χ1n) is 10.7. The molecule has 2 aromatic carbocycles. The zero-order chi connectivity index (χ0) is 23.9. The number of aromatic nitrogens is 2. The highest BCUT2D eigenvalue weighted by molar-refractivity contribution is 5.94. The van der Waals surface area contributed by atoms with Gasteiger partial charge in [-0.25, -0.2) is 0 Å². The van der Waals surface area contributed by atoms with E-state index in [0.717, 1.165) is 22.5 Å². The van der Waals surface area contributed by atoms with Crippen LogP contribution in [-0.4, -0.2) is 48.2 Å². The van der Waals surface area contributed by atoms with Crippen molar-refractivity contribution in [3.05, 3.63) is 59.3 Å². The molecule has 33 heavy (non-hydrogen) atoms. The fraction of sp³-hybridized carbons (Fsp3) is 0.375. The van der Waals surface area contributed by atoms with Crippen LogP contribution < -0.4 is 10.2 Å². The number of alkyl halides is 3. The number of hydrogen-bond acceptors (Lipinski definition) is 5. The van der Waals surface area contributed by atoms with Crippen molar-refractivity contribution >= 4 is 28.2 Å². The fourth-order valence-electron chi connectivity index (χ4n) is 4.29. The quantitative estimate of drug-likeness (QED) is 0.604. The van der Waals surface area contributed by atoms with E-state index in [-0.39, 0.29) is 17.4 Å². The third-order valence-corrected chi connectivity index (χ3v) is 6.18. The lowest BCUT2D eigenvalue weighted by atomic mass is 9.96. The van der Waals surface area contributed by atoms with E-state index >= 15 is 0 Å². The van der Waals surface area contributed by atoms with Crippen LogP contribution in [0.2, 0.25) is 0 Å². The molecule has 0 aliphatic carbocycles. The molecule has 1 fully saturated rings. The highest BCUT2D eigenvalue weighted by Crippen LogP contribution is 2.36. The first-order valence-corrected chi connectivity index (χ1v) is 10.7. The third-order valence-electron chi connectivity index (χ3n) is 6.18. The lowest BCUT2D eigenvalue weighted by molar-refractivity contribution is -0.138. The summed E-state index contributed by atoms with van der Waals surface area (Å²) in [5.74, 6) is 0.596. The molecule has 4 rings (SSSR count). The molecule has 0 bridgehead atoms. The molecule has 1 atom stereocenters. The molecule has 0 unspecified atom stereocenters. The second-order valence-electron chi connectivity index (χ2n) is 8.68. The maximum absolute atomic E-state index is 13.3. The topological polar surface area (TPSA) is 61.4 Å². The maximum Gasteiger partial charge on any atom is 0.416 e. The van der Waals surface area contributed by atoms with E-state index < -0.39 is 17.8 Å². The average Bonchev–Trinajstić information content (AvgIpc) is 2.72. The van der Waals surface area contributed by atoms with Gasteiger partial charge >= 0.3 is 6.18 Å². The molecule has 1 aromatic heterocycles. The van der Waals surface area contributed by atoms with Crippen LogP contribution in [-0.2, 0) is 11.0 Å². The Morgan fingerprint density at radius 1 is 1.21 bits per heavy atom. The molecule has 3 aromatic rings. The Morgan fingerprint density at radius 2 is 1.94 bits per heavy atom. The van der Waals surface area contributed by atoms with E-state index in [4.69, 9.17) is 0 Å².